The molecule has 0 atom stereocenters. The molecule has 0 amide bonds. The van der Waals surface area contributed by atoms with Crippen molar-refractivity contribution < 1.29 is 0 Å². The summed E-state index contributed by atoms with van der Waals surface area (Å²) in [5, 5.41) is 0. The summed E-state index contributed by atoms with van der Waals surface area (Å²) in [6, 6.07) is 0. The molecule has 0 unspecified atom stereocenters. The van der Waals surface area contributed by atoms with E-state index in [4.69, 9.17) is 5.73 Å². The summed E-state index contributed by atoms with van der Waals surface area (Å²) < 4.78 is 0. The fourth-order valence-electron chi connectivity index (χ4n) is 0.748. The van der Waals surface area contributed by atoms with Crippen molar-refractivity contribution in [1.29, 1.82) is 0 Å². The van der Waals surface area contributed by atoms with Crippen LogP contribution in [0.5, 0.6) is 0 Å². The van der Waals surface area contributed by atoms with Crippen molar-refractivity contribution in [3.63, 3.8) is 0 Å². The molecule has 0 heterocycles. The molecular formula is C7H18LiN. The number of hydrogen-bond donors (Lipinski definition) is 1. The molecule has 0 aromatic carbocycles. The average Bonchev–Trinajstić information content (AvgIpc) is 1.81. The number of nitrogens with two attached hydrogens (primary N) is 1. The van der Waals surface area contributed by atoms with E-state index in [1.807, 2.05) is 0 Å². The van der Waals surface area contributed by atoms with Gasteiger partial charge in [0.25, 0.3) is 0 Å². The first-order chi connectivity index (χ1) is 3.91. The van der Waals surface area contributed by atoms with Gasteiger partial charge in [0.2, 0.25) is 0 Å². The maximum atomic E-state index is 5.31. The van der Waals surface area contributed by atoms with Gasteiger partial charge in [0.05, 0.1) is 0 Å². The molecule has 0 aliphatic heterocycles. The van der Waals surface area contributed by atoms with Crippen molar-refractivity contribution in [3.8, 4) is 0 Å². The van der Waals surface area contributed by atoms with Gasteiger partial charge in [-0.15, -0.1) is 0 Å². The summed E-state index contributed by atoms with van der Waals surface area (Å²) in [6.45, 7) is 3.09. The number of hydrogen-bond acceptors (Lipinski definition) is 1. The molecule has 1 nitrogen and oxygen atoms in total. The van der Waals surface area contributed by atoms with Crippen LogP contribution in [0.15, 0.2) is 0 Å². The minimum atomic E-state index is 0. The molecule has 0 saturated heterocycles. The fraction of sp³-hybridized carbons (Fsp3) is 1.00. The zero-order chi connectivity index (χ0) is 6.24. The third-order valence-electron chi connectivity index (χ3n) is 1.31. The number of rotatable bonds is 5. The first-order valence-electron chi connectivity index (χ1n) is 3.62. The summed E-state index contributed by atoms with van der Waals surface area (Å²) >= 11 is 0. The van der Waals surface area contributed by atoms with E-state index in [9.17, 15) is 0 Å². The molecule has 52 valence electrons. The first-order valence-corrected chi connectivity index (χ1v) is 3.62. The van der Waals surface area contributed by atoms with Gasteiger partial charge in [-0.25, -0.2) is 0 Å². The summed E-state index contributed by atoms with van der Waals surface area (Å²) in [6.07, 6.45) is 6.60. The number of unbranched alkanes of at least 4 members (excludes halogenated alkanes) is 4. The van der Waals surface area contributed by atoms with E-state index in [0.29, 0.717) is 0 Å². The normalized spacial score (nSPS) is 8.67. The van der Waals surface area contributed by atoms with E-state index < -0.39 is 0 Å². The van der Waals surface area contributed by atoms with Crippen molar-refractivity contribution >= 4 is 18.9 Å². The molecule has 0 radical (unpaired) electrons. The van der Waals surface area contributed by atoms with Crippen LogP contribution in [0.2, 0.25) is 0 Å². The van der Waals surface area contributed by atoms with Crippen molar-refractivity contribution in [3.05, 3.63) is 0 Å². The molecular weight excluding hydrogens is 105 g/mol. The molecule has 0 aromatic rings. The van der Waals surface area contributed by atoms with Gasteiger partial charge >= 0.3 is 18.9 Å². The first kappa shape index (κ1) is 12.3. The molecule has 2 N–H and O–H groups in total. The molecule has 9 heavy (non-hydrogen) atoms. The second kappa shape index (κ2) is 11.4. The monoisotopic (exact) mass is 123 g/mol. The van der Waals surface area contributed by atoms with E-state index >= 15 is 0 Å². The Kier molecular flexibility index (Phi) is 15.5. The Morgan fingerprint density at radius 3 is 2.00 bits per heavy atom. The Morgan fingerprint density at radius 1 is 1.00 bits per heavy atom. The molecule has 0 bridgehead atoms. The van der Waals surface area contributed by atoms with Crippen LogP contribution in [0.25, 0.3) is 0 Å². The van der Waals surface area contributed by atoms with Crippen molar-refractivity contribution in [2.45, 2.75) is 39.0 Å². The van der Waals surface area contributed by atoms with Crippen molar-refractivity contribution in [2.75, 3.05) is 6.54 Å². The van der Waals surface area contributed by atoms with Gasteiger partial charge in [0, 0.05) is 0 Å². The Labute approximate surface area is 70.6 Å². The third kappa shape index (κ3) is 11.9. The second-order valence-electron chi connectivity index (χ2n) is 2.20. The standard InChI is InChI=1S/C7H17N.Li.H/c1-2-3-4-5-6-7-8;;/h2-8H2,1H3;;. The van der Waals surface area contributed by atoms with E-state index in [2.05, 4.69) is 6.92 Å². The summed E-state index contributed by atoms with van der Waals surface area (Å²) in [7, 11) is 0. The average molecular weight is 123 g/mol. The molecule has 0 aromatic heterocycles. The van der Waals surface area contributed by atoms with Gasteiger partial charge in [0.1, 0.15) is 0 Å². The molecule has 0 saturated carbocycles. The molecule has 0 spiro atoms. The van der Waals surface area contributed by atoms with E-state index in [0.717, 1.165) is 6.54 Å². The predicted octanol–water partition coefficient (Wildman–Crippen LogP) is 1.27. The van der Waals surface area contributed by atoms with Gasteiger partial charge in [-0.1, -0.05) is 32.6 Å². The van der Waals surface area contributed by atoms with E-state index in [-0.39, 0.29) is 18.9 Å². The van der Waals surface area contributed by atoms with Crippen LogP contribution in [0.3, 0.4) is 0 Å². The van der Waals surface area contributed by atoms with Crippen molar-refractivity contribution in [1.82, 2.24) is 0 Å². The van der Waals surface area contributed by atoms with Crippen LogP contribution in [0, 0.1) is 0 Å². The summed E-state index contributed by atoms with van der Waals surface area (Å²) in [5.74, 6) is 0. The van der Waals surface area contributed by atoms with Gasteiger partial charge in [-0.3, -0.25) is 0 Å². The van der Waals surface area contributed by atoms with Crippen LogP contribution in [-0.4, -0.2) is 25.4 Å². The SMILES string of the molecule is CCCCCCCN.[LiH]. The van der Waals surface area contributed by atoms with Crippen molar-refractivity contribution in [2.24, 2.45) is 5.73 Å². The van der Waals surface area contributed by atoms with E-state index in [1.165, 1.54) is 32.1 Å². The quantitative estimate of drug-likeness (QED) is 0.432. The maximum absolute atomic E-state index is 5.31. The summed E-state index contributed by atoms with van der Waals surface area (Å²) in [4.78, 5) is 0. The zero-order valence-corrected chi connectivity index (χ0v) is 5.82. The molecule has 0 aliphatic rings. The Hall–Kier alpha value is 0.557. The van der Waals surface area contributed by atoms with Crippen LogP contribution in [-0.2, 0) is 0 Å². The Bertz CT molecular complexity index is 33.9. The summed E-state index contributed by atoms with van der Waals surface area (Å²) in [5.41, 5.74) is 5.31. The Morgan fingerprint density at radius 2 is 1.56 bits per heavy atom. The van der Waals surface area contributed by atoms with Crippen LogP contribution in [0.4, 0.5) is 0 Å². The predicted molar refractivity (Wildman–Crippen MR) is 45.0 cm³/mol. The van der Waals surface area contributed by atoms with Crippen LogP contribution >= 0.6 is 0 Å². The molecule has 0 fully saturated rings. The topological polar surface area (TPSA) is 26.0 Å². The zero-order valence-electron chi connectivity index (χ0n) is 5.82. The van der Waals surface area contributed by atoms with Gasteiger partial charge in [-0.05, 0) is 13.0 Å². The molecule has 0 rings (SSSR count). The molecule has 2 heteroatoms. The molecule has 0 aliphatic carbocycles. The third-order valence-corrected chi connectivity index (χ3v) is 1.31. The fourth-order valence-corrected chi connectivity index (χ4v) is 0.748. The van der Waals surface area contributed by atoms with E-state index in [1.54, 1.807) is 0 Å². The van der Waals surface area contributed by atoms with Crippen LogP contribution < -0.4 is 5.73 Å². The van der Waals surface area contributed by atoms with Gasteiger partial charge in [-0.2, -0.15) is 0 Å². The minimum absolute atomic E-state index is 0. The Balaban J connectivity index is 0. The van der Waals surface area contributed by atoms with Gasteiger partial charge < -0.3 is 5.73 Å². The van der Waals surface area contributed by atoms with Gasteiger partial charge in [0.15, 0.2) is 0 Å². The second-order valence-corrected chi connectivity index (χ2v) is 2.20. The van der Waals surface area contributed by atoms with Crippen LogP contribution in [0.1, 0.15) is 39.0 Å².